The van der Waals surface area contributed by atoms with Crippen LogP contribution in [-0.2, 0) is 14.3 Å². The van der Waals surface area contributed by atoms with Crippen LogP contribution in [-0.4, -0.2) is 41.5 Å². The summed E-state index contributed by atoms with van der Waals surface area (Å²) in [4.78, 5) is 41.1. The summed E-state index contributed by atoms with van der Waals surface area (Å²) in [7, 11) is 0. The van der Waals surface area contributed by atoms with Crippen LogP contribution in [0.1, 0.15) is 82.5 Å². The molecule has 7 nitrogen and oxygen atoms in total. The van der Waals surface area contributed by atoms with E-state index in [1.807, 2.05) is 62.4 Å². The molecule has 2 N–H and O–H groups in total. The molecule has 1 unspecified atom stereocenters. The van der Waals surface area contributed by atoms with Crippen LogP contribution in [0.3, 0.4) is 0 Å². The highest BCUT2D eigenvalue weighted by atomic mass is 16.6. The topological polar surface area (TPSA) is 87.7 Å². The van der Waals surface area contributed by atoms with Crippen molar-refractivity contribution in [3.05, 3.63) is 65.2 Å². The maximum atomic E-state index is 13.8. The highest BCUT2D eigenvalue weighted by molar-refractivity contribution is 5.98. The fourth-order valence-electron chi connectivity index (χ4n) is 4.07. The van der Waals surface area contributed by atoms with Gasteiger partial charge in [0.05, 0.1) is 0 Å². The third-order valence-electron chi connectivity index (χ3n) is 5.93. The van der Waals surface area contributed by atoms with Gasteiger partial charge in [0, 0.05) is 12.2 Å². The summed E-state index contributed by atoms with van der Waals surface area (Å²) in [6.45, 7) is 11.5. The summed E-state index contributed by atoms with van der Waals surface area (Å²) in [6.07, 6.45) is 4.37. The summed E-state index contributed by atoms with van der Waals surface area (Å²) in [5.41, 5.74) is 2.68. The zero-order valence-electron chi connectivity index (χ0n) is 23.2. The van der Waals surface area contributed by atoms with E-state index >= 15 is 0 Å². The predicted molar refractivity (Wildman–Crippen MR) is 148 cm³/mol. The lowest BCUT2D eigenvalue weighted by atomic mass is 10.0. The van der Waals surface area contributed by atoms with E-state index < -0.39 is 17.7 Å². The molecule has 0 saturated carbocycles. The van der Waals surface area contributed by atoms with Crippen molar-refractivity contribution in [2.75, 3.05) is 18.4 Å². The van der Waals surface area contributed by atoms with Crippen LogP contribution in [0.15, 0.2) is 48.5 Å². The number of nitrogens with one attached hydrogen (secondary N) is 2. The number of para-hydroxylation sites is 1. The van der Waals surface area contributed by atoms with Crippen molar-refractivity contribution in [3.63, 3.8) is 0 Å². The maximum absolute atomic E-state index is 13.8. The number of carbonyl (C=O) groups excluding carboxylic acids is 3. The second-order valence-corrected chi connectivity index (χ2v) is 10.5. The first-order valence-electron chi connectivity index (χ1n) is 13.2. The molecule has 0 aliphatic carbocycles. The van der Waals surface area contributed by atoms with E-state index in [4.69, 9.17) is 4.74 Å². The van der Waals surface area contributed by atoms with E-state index in [0.717, 1.165) is 48.8 Å². The molecule has 3 amide bonds. The van der Waals surface area contributed by atoms with Crippen LogP contribution >= 0.6 is 0 Å². The minimum atomic E-state index is -0.849. The molecule has 2 rings (SSSR count). The van der Waals surface area contributed by atoms with Crippen molar-refractivity contribution in [3.8, 4) is 0 Å². The van der Waals surface area contributed by atoms with Gasteiger partial charge in [-0.3, -0.25) is 9.59 Å². The van der Waals surface area contributed by atoms with Gasteiger partial charge in [0.2, 0.25) is 5.91 Å². The monoisotopic (exact) mass is 509 g/mol. The SMILES string of the molecule is CCCCCCCN(C(=O)CNC(=O)OC(C)(C)C)C(C(=O)Nc1ccccc1C)c1cccc(C)c1. The average molecular weight is 510 g/mol. The number of anilines is 1. The summed E-state index contributed by atoms with van der Waals surface area (Å²) in [6, 6.07) is 14.4. The Hall–Kier alpha value is -3.35. The number of alkyl carbamates (subject to hydrolysis) is 1. The van der Waals surface area contributed by atoms with E-state index in [1.165, 1.54) is 0 Å². The lowest BCUT2D eigenvalue weighted by Crippen LogP contribution is -2.47. The number of benzene rings is 2. The summed E-state index contributed by atoms with van der Waals surface area (Å²) < 4.78 is 5.29. The molecule has 0 bridgehead atoms. The molecule has 0 radical (unpaired) electrons. The van der Waals surface area contributed by atoms with Gasteiger partial charge in [0.15, 0.2) is 0 Å². The van der Waals surface area contributed by atoms with Gasteiger partial charge in [-0.1, -0.05) is 80.6 Å². The number of amides is 3. The van der Waals surface area contributed by atoms with E-state index in [0.29, 0.717) is 12.2 Å². The first-order valence-corrected chi connectivity index (χ1v) is 13.2. The number of unbranched alkanes of at least 4 members (excludes halogenated alkanes) is 4. The van der Waals surface area contributed by atoms with E-state index in [1.54, 1.807) is 25.7 Å². The Morgan fingerprint density at radius 1 is 0.946 bits per heavy atom. The molecule has 37 heavy (non-hydrogen) atoms. The molecule has 2 aromatic carbocycles. The van der Waals surface area contributed by atoms with Crippen molar-refractivity contribution in [1.29, 1.82) is 0 Å². The van der Waals surface area contributed by atoms with Crippen LogP contribution in [0.4, 0.5) is 10.5 Å². The number of carbonyl (C=O) groups is 3. The lowest BCUT2D eigenvalue weighted by molar-refractivity contribution is -0.138. The van der Waals surface area contributed by atoms with Crippen LogP contribution in [0.25, 0.3) is 0 Å². The molecular weight excluding hydrogens is 466 g/mol. The van der Waals surface area contributed by atoms with Crippen LogP contribution in [0, 0.1) is 13.8 Å². The van der Waals surface area contributed by atoms with Gasteiger partial charge in [-0.05, 0) is 58.2 Å². The van der Waals surface area contributed by atoms with Gasteiger partial charge in [0.25, 0.3) is 5.91 Å². The van der Waals surface area contributed by atoms with E-state index in [9.17, 15) is 14.4 Å². The van der Waals surface area contributed by atoms with Gasteiger partial charge in [-0.2, -0.15) is 0 Å². The highest BCUT2D eigenvalue weighted by Crippen LogP contribution is 2.26. The minimum absolute atomic E-state index is 0.260. The molecule has 0 heterocycles. The first kappa shape index (κ1) is 29.9. The molecule has 0 spiro atoms. The molecule has 2 aromatic rings. The van der Waals surface area contributed by atoms with Crippen molar-refractivity contribution in [2.24, 2.45) is 0 Å². The lowest BCUT2D eigenvalue weighted by Gasteiger charge is -2.32. The molecular formula is C30H43N3O4. The minimum Gasteiger partial charge on any atom is -0.444 e. The van der Waals surface area contributed by atoms with Gasteiger partial charge in [0.1, 0.15) is 18.2 Å². The fraction of sp³-hybridized carbons (Fsp3) is 0.500. The van der Waals surface area contributed by atoms with Gasteiger partial charge in [-0.25, -0.2) is 4.79 Å². The molecule has 0 saturated heterocycles. The Kier molecular flexibility index (Phi) is 11.6. The molecule has 0 aromatic heterocycles. The second-order valence-electron chi connectivity index (χ2n) is 10.5. The molecule has 0 aliphatic heterocycles. The number of nitrogens with zero attached hydrogens (tertiary/aromatic N) is 1. The summed E-state index contributed by atoms with van der Waals surface area (Å²) in [5, 5.41) is 5.59. The molecule has 7 heteroatoms. The average Bonchev–Trinajstić information content (AvgIpc) is 2.82. The zero-order valence-corrected chi connectivity index (χ0v) is 23.2. The normalized spacial score (nSPS) is 11.9. The summed E-state index contributed by atoms with van der Waals surface area (Å²) in [5.74, 6) is -0.633. The van der Waals surface area contributed by atoms with Crippen molar-refractivity contribution in [2.45, 2.75) is 85.3 Å². The Morgan fingerprint density at radius 3 is 2.30 bits per heavy atom. The van der Waals surface area contributed by atoms with Crippen LogP contribution in [0.2, 0.25) is 0 Å². The van der Waals surface area contributed by atoms with Crippen molar-refractivity contribution >= 4 is 23.6 Å². The van der Waals surface area contributed by atoms with Crippen molar-refractivity contribution < 1.29 is 19.1 Å². The zero-order chi connectivity index (χ0) is 27.4. The number of rotatable bonds is 12. The first-order chi connectivity index (χ1) is 17.5. The number of hydrogen-bond donors (Lipinski definition) is 2. The summed E-state index contributed by atoms with van der Waals surface area (Å²) >= 11 is 0. The highest BCUT2D eigenvalue weighted by Gasteiger charge is 2.32. The van der Waals surface area contributed by atoms with Crippen molar-refractivity contribution in [1.82, 2.24) is 10.2 Å². The molecule has 0 aliphatic rings. The fourth-order valence-corrected chi connectivity index (χ4v) is 4.07. The molecule has 202 valence electrons. The molecule has 0 fully saturated rings. The number of ether oxygens (including phenoxy) is 1. The third-order valence-corrected chi connectivity index (χ3v) is 5.93. The Labute approximate surface area is 222 Å². The quantitative estimate of drug-likeness (QED) is 0.328. The number of aryl methyl sites for hydroxylation is 2. The van der Waals surface area contributed by atoms with Crippen LogP contribution < -0.4 is 10.6 Å². The van der Waals surface area contributed by atoms with E-state index in [2.05, 4.69) is 17.6 Å². The van der Waals surface area contributed by atoms with Gasteiger partial charge >= 0.3 is 6.09 Å². The standard InChI is InChI=1S/C30H43N3O4/c1-7-8-9-10-13-19-33(26(34)21-31-29(36)37-30(4,5)6)27(24-17-14-15-22(2)20-24)28(35)32-25-18-12-11-16-23(25)3/h11-12,14-18,20,27H,7-10,13,19,21H2,1-6H3,(H,31,36)(H,32,35). The van der Waals surface area contributed by atoms with Gasteiger partial charge in [-0.15, -0.1) is 0 Å². The third kappa shape index (κ3) is 10.3. The second kappa shape index (κ2) is 14.4. The maximum Gasteiger partial charge on any atom is 0.408 e. The smallest absolute Gasteiger partial charge is 0.408 e. The Balaban J connectivity index is 2.35. The molecule has 1 atom stereocenters. The largest absolute Gasteiger partial charge is 0.444 e. The van der Waals surface area contributed by atoms with Gasteiger partial charge < -0.3 is 20.3 Å². The van der Waals surface area contributed by atoms with Crippen LogP contribution in [0.5, 0.6) is 0 Å². The predicted octanol–water partition coefficient (Wildman–Crippen LogP) is 6.31. The Morgan fingerprint density at radius 2 is 1.65 bits per heavy atom. The van der Waals surface area contributed by atoms with E-state index in [-0.39, 0.29) is 18.4 Å². The Bertz CT molecular complexity index is 1050. The number of hydrogen-bond acceptors (Lipinski definition) is 4.